The van der Waals surface area contributed by atoms with Crippen LogP contribution in [0.5, 0.6) is 0 Å². The highest BCUT2D eigenvalue weighted by Crippen LogP contribution is 2.18. The summed E-state index contributed by atoms with van der Waals surface area (Å²) < 4.78 is 11.4. The Hall–Kier alpha value is -0.0151. The Morgan fingerprint density at radius 2 is 1.56 bits per heavy atom. The zero-order chi connectivity index (χ0) is 13.1. The van der Waals surface area contributed by atoms with Crippen molar-refractivity contribution in [1.29, 1.82) is 0 Å². The standard InChI is InChI=1S/C15H31BO2/c1-3-5-6-7-8-9-10-11-12-15-14-17-16(18-15)13-4-2/h15H,3-14H2,1-2H3. The predicted octanol–water partition coefficient (Wildman–Crippen LogP) is 4.83. The average molecular weight is 254 g/mol. The summed E-state index contributed by atoms with van der Waals surface area (Å²) in [5, 5.41) is 0. The first-order valence-corrected chi connectivity index (χ1v) is 8.13. The van der Waals surface area contributed by atoms with Crippen LogP contribution in [0.15, 0.2) is 0 Å². The van der Waals surface area contributed by atoms with E-state index in [0.717, 1.165) is 19.3 Å². The number of hydrogen-bond acceptors (Lipinski definition) is 2. The minimum absolute atomic E-state index is 0.0917. The van der Waals surface area contributed by atoms with Gasteiger partial charge >= 0.3 is 7.12 Å². The Kier molecular flexibility index (Phi) is 9.68. The molecule has 0 amide bonds. The van der Waals surface area contributed by atoms with Crippen molar-refractivity contribution in [3.63, 3.8) is 0 Å². The minimum Gasteiger partial charge on any atom is -0.408 e. The van der Waals surface area contributed by atoms with E-state index in [1.807, 2.05) is 0 Å². The van der Waals surface area contributed by atoms with E-state index in [1.165, 1.54) is 57.8 Å². The average Bonchev–Trinajstić information content (AvgIpc) is 2.81. The van der Waals surface area contributed by atoms with E-state index in [-0.39, 0.29) is 7.12 Å². The molecule has 0 aliphatic carbocycles. The maximum absolute atomic E-state index is 5.84. The van der Waals surface area contributed by atoms with Gasteiger partial charge in [-0.2, -0.15) is 0 Å². The molecule has 0 bridgehead atoms. The van der Waals surface area contributed by atoms with Gasteiger partial charge in [0, 0.05) is 0 Å². The molecular formula is C15H31BO2. The van der Waals surface area contributed by atoms with Crippen LogP contribution >= 0.6 is 0 Å². The Morgan fingerprint density at radius 1 is 0.889 bits per heavy atom. The third-order valence-corrected chi connectivity index (χ3v) is 3.72. The maximum atomic E-state index is 5.84. The molecule has 0 saturated carbocycles. The third-order valence-electron chi connectivity index (χ3n) is 3.72. The van der Waals surface area contributed by atoms with Crippen LogP contribution in [0.3, 0.4) is 0 Å². The lowest BCUT2D eigenvalue weighted by atomic mass is 9.84. The molecule has 18 heavy (non-hydrogen) atoms. The van der Waals surface area contributed by atoms with Crippen molar-refractivity contribution >= 4 is 7.12 Å². The topological polar surface area (TPSA) is 18.5 Å². The van der Waals surface area contributed by atoms with Crippen LogP contribution in [0.25, 0.3) is 0 Å². The molecule has 1 heterocycles. The molecule has 2 nitrogen and oxygen atoms in total. The summed E-state index contributed by atoms with van der Waals surface area (Å²) in [6, 6.07) is 0. The van der Waals surface area contributed by atoms with E-state index in [4.69, 9.17) is 9.31 Å². The highest BCUT2D eigenvalue weighted by atomic mass is 16.6. The minimum atomic E-state index is 0.0917. The molecule has 0 aromatic carbocycles. The summed E-state index contributed by atoms with van der Waals surface area (Å²) >= 11 is 0. The third kappa shape index (κ3) is 7.43. The maximum Gasteiger partial charge on any atom is 0.457 e. The van der Waals surface area contributed by atoms with Crippen molar-refractivity contribution in [2.75, 3.05) is 6.61 Å². The lowest BCUT2D eigenvalue weighted by Crippen LogP contribution is -2.15. The van der Waals surface area contributed by atoms with Crippen LogP contribution in [-0.4, -0.2) is 19.8 Å². The van der Waals surface area contributed by atoms with Gasteiger partial charge in [-0.05, 0) is 12.7 Å². The van der Waals surface area contributed by atoms with Gasteiger partial charge in [0.15, 0.2) is 0 Å². The van der Waals surface area contributed by atoms with Gasteiger partial charge in [-0.3, -0.25) is 0 Å². The number of rotatable bonds is 11. The molecule has 1 rings (SSSR count). The smallest absolute Gasteiger partial charge is 0.408 e. The molecule has 0 N–H and O–H groups in total. The molecule has 0 aromatic rings. The first-order valence-electron chi connectivity index (χ1n) is 8.13. The second-order valence-electron chi connectivity index (χ2n) is 5.57. The van der Waals surface area contributed by atoms with Gasteiger partial charge in [0.1, 0.15) is 0 Å². The van der Waals surface area contributed by atoms with E-state index in [9.17, 15) is 0 Å². The molecule has 1 unspecified atom stereocenters. The molecule has 1 aliphatic rings. The van der Waals surface area contributed by atoms with Gasteiger partial charge in [-0.25, -0.2) is 0 Å². The summed E-state index contributed by atoms with van der Waals surface area (Å²) in [5.41, 5.74) is 0. The van der Waals surface area contributed by atoms with Crippen molar-refractivity contribution in [2.24, 2.45) is 0 Å². The second kappa shape index (κ2) is 10.9. The normalized spacial score (nSPS) is 19.7. The summed E-state index contributed by atoms with van der Waals surface area (Å²) in [4.78, 5) is 0. The molecule has 0 radical (unpaired) electrons. The molecule has 0 spiro atoms. The van der Waals surface area contributed by atoms with Crippen molar-refractivity contribution in [3.8, 4) is 0 Å². The Bertz CT molecular complexity index is 187. The SMILES string of the molecule is CCCCCCCCCCC1COB(CCC)O1. The van der Waals surface area contributed by atoms with Crippen LogP contribution in [0.2, 0.25) is 6.32 Å². The summed E-state index contributed by atoms with van der Waals surface area (Å²) in [6.45, 7) is 5.27. The van der Waals surface area contributed by atoms with Crippen LogP contribution in [0.1, 0.15) is 78.1 Å². The predicted molar refractivity (Wildman–Crippen MR) is 78.9 cm³/mol. The van der Waals surface area contributed by atoms with Gasteiger partial charge in [0.25, 0.3) is 0 Å². The number of hydrogen-bond donors (Lipinski definition) is 0. The monoisotopic (exact) mass is 254 g/mol. The fraction of sp³-hybridized carbons (Fsp3) is 1.00. The van der Waals surface area contributed by atoms with E-state index in [1.54, 1.807) is 0 Å². The van der Waals surface area contributed by atoms with Gasteiger partial charge < -0.3 is 9.31 Å². The molecule has 1 aliphatic heterocycles. The lowest BCUT2D eigenvalue weighted by molar-refractivity contribution is 0.216. The summed E-state index contributed by atoms with van der Waals surface area (Å²) in [7, 11) is 0.0917. The highest BCUT2D eigenvalue weighted by molar-refractivity contribution is 6.44. The van der Waals surface area contributed by atoms with Crippen LogP contribution in [-0.2, 0) is 9.31 Å². The molecule has 0 aromatic heterocycles. The van der Waals surface area contributed by atoms with E-state index >= 15 is 0 Å². The first-order chi connectivity index (χ1) is 8.86. The van der Waals surface area contributed by atoms with Crippen molar-refractivity contribution in [1.82, 2.24) is 0 Å². The zero-order valence-corrected chi connectivity index (χ0v) is 12.5. The quantitative estimate of drug-likeness (QED) is 0.388. The molecule has 1 saturated heterocycles. The summed E-state index contributed by atoms with van der Waals surface area (Å²) in [5.74, 6) is 0. The molecule has 1 fully saturated rings. The lowest BCUT2D eigenvalue weighted by Gasteiger charge is -2.09. The van der Waals surface area contributed by atoms with Crippen molar-refractivity contribution in [3.05, 3.63) is 0 Å². The Morgan fingerprint density at radius 3 is 2.22 bits per heavy atom. The van der Waals surface area contributed by atoms with Crippen LogP contribution in [0.4, 0.5) is 0 Å². The fourth-order valence-electron chi connectivity index (χ4n) is 2.55. The van der Waals surface area contributed by atoms with Crippen molar-refractivity contribution in [2.45, 2.75) is 90.5 Å². The van der Waals surface area contributed by atoms with Gasteiger partial charge in [-0.15, -0.1) is 0 Å². The van der Waals surface area contributed by atoms with Gasteiger partial charge in [0.2, 0.25) is 0 Å². The molecule has 1 atom stereocenters. The van der Waals surface area contributed by atoms with Crippen LogP contribution in [0, 0.1) is 0 Å². The zero-order valence-electron chi connectivity index (χ0n) is 12.5. The first kappa shape index (κ1) is 16.0. The van der Waals surface area contributed by atoms with Crippen LogP contribution < -0.4 is 0 Å². The summed E-state index contributed by atoms with van der Waals surface area (Å²) in [6.07, 6.45) is 14.9. The van der Waals surface area contributed by atoms with Crippen molar-refractivity contribution < 1.29 is 9.31 Å². The molecule has 3 heteroatoms. The second-order valence-corrected chi connectivity index (χ2v) is 5.57. The van der Waals surface area contributed by atoms with E-state index < -0.39 is 0 Å². The van der Waals surface area contributed by atoms with E-state index in [2.05, 4.69) is 13.8 Å². The van der Waals surface area contributed by atoms with Gasteiger partial charge in [-0.1, -0.05) is 71.6 Å². The largest absolute Gasteiger partial charge is 0.457 e. The fourth-order valence-corrected chi connectivity index (χ4v) is 2.55. The Labute approximate surface area is 114 Å². The van der Waals surface area contributed by atoms with Gasteiger partial charge in [0.05, 0.1) is 12.7 Å². The highest BCUT2D eigenvalue weighted by Gasteiger charge is 2.29. The Balaban J connectivity index is 1.84. The molecule has 106 valence electrons. The molecular weight excluding hydrogens is 223 g/mol. The van der Waals surface area contributed by atoms with E-state index in [0.29, 0.717) is 6.10 Å². The number of unbranched alkanes of at least 4 members (excludes halogenated alkanes) is 7.